The number of carbonyl (C=O) groups is 2. The van der Waals surface area contributed by atoms with Crippen molar-refractivity contribution in [1.29, 1.82) is 0 Å². The molecule has 0 saturated carbocycles. The molecule has 0 radical (unpaired) electrons. The fourth-order valence-corrected chi connectivity index (χ4v) is 1.26. The maximum absolute atomic E-state index is 11.0. The van der Waals surface area contributed by atoms with Crippen LogP contribution in [0.1, 0.15) is 13.3 Å². The summed E-state index contributed by atoms with van der Waals surface area (Å²) in [4.78, 5) is 21.6. The van der Waals surface area contributed by atoms with E-state index in [0.717, 1.165) is 0 Å². The molecule has 0 aromatic rings. The minimum atomic E-state index is -1.17. The molecule has 1 amide bonds. The Morgan fingerprint density at radius 3 is 2.43 bits per heavy atom. The van der Waals surface area contributed by atoms with E-state index in [-0.39, 0.29) is 0 Å². The summed E-state index contributed by atoms with van der Waals surface area (Å²) in [5.74, 6) is -1.08. The van der Waals surface area contributed by atoms with E-state index in [4.69, 9.17) is 10.2 Å². The van der Waals surface area contributed by atoms with E-state index in [1.165, 1.54) is 18.7 Å². The Balaban J connectivity index is 4.09. The Hall–Kier alpha value is -0.750. The summed E-state index contributed by atoms with van der Waals surface area (Å²) in [5.41, 5.74) is 0. The zero-order valence-electron chi connectivity index (χ0n) is 8.19. The van der Waals surface area contributed by atoms with Gasteiger partial charge in [0.15, 0.2) is 0 Å². The number of thioether (sulfide) groups is 1. The number of carboxylic acids is 1. The number of aliphatic carboxylic acids is 1. The summed E-state index contributed by atoms with van der Waals surface area (Å²) in [5, 5.41) is 19.8. The SMILES string of the molecule is CSCC[C@H](NC(=O)[C@@H](C)O)C(=O)O. The van der Waals surface area contributed by atoms with Crippen LogP contribution in [-0.2, 0) is 9.59 Å². The van der Waals surface area contributed by atoms with Gasteiger partial charge in [0, 0.05) is 0 Å². The highest BCUT2D eigenvalue weighted by molar-refractivity contribution is 7.98. The monoisotopic (exact) mass is 221 g/mol. The van der Waals surface area contributed by atoms with Gasteiger partial charge in [-0.05, 0) is 25.4 Å². The second-order valence-corrected chi connectivity index (χ2v) is 3.84. The molecule has 0 aliphatic rings. The van der Waals surface area contributed by atoms with Crippen molar-refractivity contribution in [2.45, 2.75) is 25.5 Å². The first-order valence-electron chi connectivity index (χ1n) is 4.19. The number of rotatable bonds is 6. The maximum atomic E-state index is 11.0. The lowest BCUT2D eigenvalue weighted by molar-refractivity contribution is -0.143. The van der Waals surface area contributed by atoms with Crippen LogP contribution < -0.4 is 5.32 Å². The molecular formula is C8H15NO4S. The largest absolute Gasteiger partial charge is 0.480 e. The van der Waals surface area contributed by atoms with Gasteiger partial charge in [-0.2, -0.15) is 11.8 Å². The average Bonchev–Trinajstić information content (AvgIpc) is 2.10. The van der Waals surface area contributed by atoms with E-state index in [2.05, 4.69) is 5.32 Å². The summed E-state index contributed by atoms with van der Waals surface area (Å²) < 4.78 is 0. The van der Waals surface area contributed by atoms with Gasteiger partial charge >= 0.3 is 5.97 Å². The predicted octanol–water partition coefficient (Wildman–Crippen LogP) is -0.310. The molecule has 0 fully saturated rings. The molecule has 0 unspecified atom stereocenters. The molecule has 0 bridgehead atoms. The van der Waals surface area contributed by atoms with Crippen LogP contribution in [0.25, 0.3) is 0 Å². The number of hydrogen-bond donors (Lipinski definition) is 3. The minimum absolute atomic E-state index is 0.356. The Labute approximate surface area is 86.9 Å². The number of aliphatic hydroxyl groups is 1. The van der Waals surface area contributed by atoms with Crippen LogP contribution in [0.4, 0.5) is 0 Å². The van der Waals surface area contributed by atoms with Crippen LogP contribution in [0.15, 0.2) is 0 Å². The standard InChI is InChI=1S/C8H15NO4S/c1-5(10)7(11)9-6(8(12)13)3-4-14-2/h5-6,10H,3-4H2,1-2H3,(H,9,11)(H,12,13)/t5-,6+/m1/s1. The molecule has 0 heterocycles. The van der Waals surface area contributed by atoms with Gasteiger partial charge in [0.05, 0.1) is 0 Å². The second-order valence-electron chi connectivity index (χ2n) is 2.86. The first kappa shape index (κ1) is 13.2. The molecule has 2 atom stereocenters. The number of nitrogens with one attached hydrogen (secondary N) is 1. The topological polar surface area (TPSA) is 86.6 Å². The molecule has 3 N–H and O–H groups in total. The zero-order chi connectivity index (χ0) is 11.1. The first-order valence-corrected chi connectivity index (χ1v) is 5.58. The van der Waals surface area contributed by atoms with Gasteiger partial charge in [-0.3, -0.25) is 4.79 Å². The predicted molar refractivity (Wildman–Crippen MR) is 54.2 cm³/mol. The third kappa shape index (κ3) is 5.08. The minimum Gasteiger partial charge on any atom is -0.480 e. The van der Waals surface area contributed by atoms with E-state index >= 15 is 0 Å². The van der Waals surface area contributed by atoms with Crippen LogP contribution in [-0.4, -0.2) is 46.2 Å². The third-order valence-corrected chi connectivity index (χ3v) is 2.25. The summed E-state index contributed by atoms with van der Waals surface area (Å²) in [7, 11) is 0. The van der Waals surface area contributed by atoms with E-state index < -0.39 is 24.0 Å². The van der Waals surface area contributed by atoms with Crippen molar-refractivity contribution < 1.29 is 19.8 Å². The highest BCUT2D eigenvalue weighted by Crippen LogP contribution is 2.01. The Kier molecular flexibility index (Phi) is 6.31. The lowest BCUT2D eigenvalue weighted by Gasteiger charge is -2.14. The molecule has 0 aliphatic carbocycles. The molecule has 0 spiro atoms. The Bertz CT molecular complexity index is 208. The Morgan fingerprint density at radius 1 is 1.50 bits per heavy atom. The van der Waals surface area contributed by atoms with Gasteiger partial charge in [-0.25, -0.2) is 4.79 Å². The van der Waals surface area contributed by atoms with E-state index in [9.17, 15) is 9.59 Å². The lowest BCUT2D eigenvalue weighted by Crippen LogP contribution is -2.45. The summed E-state index contributed by atoms with van der Waals surface area (Å²) >= 11 is 1.51. The van der Waals surface area contributed by atoms with Gasteiger partial charge in [-0.1, -0.05) is 0 Å². The van der Waals surface area contributed by atoms with Crippen LogP contribution in [0.5, 0.6) is 0 Å². The van der Waals surface area contributed by atoms with Crippen molar-refractivity contribution in [2.75, 3.05) is 12.0 Å². The van der Waals surface area contributed by atoms with Gasteiger partial charge in [0.2, 0.25) is 5.91 Å². The molecular weight excluding hydrogens is 206 g/mol. The number of carboxylic acid groups (broad SMARTS) is 1. The van der Waals surface area contributed by atoms with Gasteiger partial charge in [0.1, 0.15) is 12.1 Å². The first-order chi connectivity index (χ1) is 6.49. The molecule has 0 saturated heterocycles. The second kappa shape index (κ2) is 6.67. The summed E-state index contributed by atoms with van der Waals surface area (Å²) in [6.45, 7) is 1.29. The van der Waals surface area contributed by atoms with Crippen LogP contribution >= 0.6 is 11.8 Å². The van der Waals surface area contributed by atoms with Crippen molar-refractivity contribution in [3.8, 4) is 0 Å². The fraction of sp³-hybridized carbons (Fsp3) is 0.750. The van der Waals surface area contributed by atoms with E-state index in [0.29, 0.717) is 12.2 Å². The summed E-state index contributed by atoms with van der Waals surface area (Å²) in [6, 6.07) is -0.912. The van der Waals surface area contributed by atoms with Crippen LogP contribution in [0.3, 0.4) is 0 Å². The van der Waals surface area contributed by atoms with Crippen molar-refractivity contribution in [3.63, 3.8) is 0 Å². The molecule has 0 aliphatic heterocycles. The van der Waals surface area contributed by atoms with Crippen molar-refractivity contribution >= 4 is 23.6 Å². The van der Waals surface area contributed by atoms with Crippen LogP contribution in [0.2, 0.25) is 0 Å². The number of aliphatic hydroxyl groups excluding tert-OH is 1. The van der Waals surface area contributed by atoms with Crippen molar-refractivity contribution in [2.24, 2.45) is 0 Å². The number of amides is 1. The fourth-order valence-electron chi connectivity index (χ4n) is 0.785. The van der Waals surface area contributed by atoms with E-state index in [1.807, 2.05) is 6.26 Å². The van der Waals surface area contributed by atoms with E-state index in [1.54, 1.807) is 0 Å². The smallest absolute Gasteiger partial charge is 0.326 e. The summed E-state index contributed by atoms with van der Waals surface area (Å²) in [6.07, 6.45) is 1.04. The lowest BCUT2D eigenvalue weighted by atomic mass is 10.2. The molecule has 0 aromatic heterocycles. The third-order valence-electron chi connectivity index (χ3n) is 1.60. The van der Waals surface area contributed by atoms with Crippen molar-refractivity contribution in [3.05, 3.63) is 0 Å². The Morgan fingerprint density at radius 2 is 2.07 bits per heavy atom. The van der Waals surface area contributed by atoms with Gasteiger partial charge in [-0.15, -0.1) is 0 Å². The molecule has 82 valence electrons. The maximum Gasteiger partial charge on any atom is 0.326 e. The zero-order valence-corrected chi connectivity index (χ0v) is 9.00. The molecule has 14 heavy (non-hydrogen) atoms. The quantitative estimate of drug-likeness (QED) is 0.572. The van der Waals surface area contributed by atoms with Gasteiger partial charge < -0.3 is 15.5 Å². The molecule has 0 rings (SSSR count). The average molecular weight is 221 g/mol. The number of hydrogen-bond acceptors (Lipinski definition) is 4. The van der Waals surface area contributed by atoms with Gasteiger partial charge in [0.25, 0.3) is 0 Å². The number of carbonyl (C=O) groups excluding carboxylic acids is 1. The highest BCUT2D eigenvalue weighted by atomic mass is 32.2. The van der Waals surface area contributed by atoms with Crippen LogP contribution in [0, 0.1) is 0 Å². The molecule has 0 aromatic carbocycles. The molecule has 5 nitrogen and oxygen atoms in total. The molecule has 6 heteroatoms. The highest BCUT2D eigenvalue weighted by Gasteiger charge is 2.21. The normalized spacial score (nSPS) is 14.5. The van der Waals surface area contributed by atoms with Crippen molar-refractivity contribution in [1.82, 2.24) is 5.32 Å².